The molecule has 0 radical (unpaired) electrons. The Kier molecular flexibility index (Phi) is 3.52. The summed E-state index contributed by atoms with van der Waals surface area (Å²) < 4.78 is 11.9. The van der Waals surface area contributed by atoms with E-state index in [-0.39, 0.29) is 23.0 Å². The number of aliphatic hydroxyl groups excluding tert-OH is 1. The van der Waals surface area contributed by atoms with Gasteiger partial charge in [-0.25, -0.2) is 0 Å². The standard InChI is InChI=1S/C20H30O4/c1-12-6-5-8-19(4)17(24-19)20(22)16-14(11-23-20)18(3,9-7-12)13(2)10-15(16)21/h6,13-14,17,21-22H,5,7-11H2,1-4H3. The molecule has 4 heteroatoms. The lowest BCUT2D eigenvalue weighted by Gasteiger charge is -2.45. The smallest absolute Gasteiger partial charge is 0.222 e. The molecule has 6 atom stereocenters. The molecule has 4 aliphatic rings. The molecule has 0 saturated carbocycles. The average molecular weight is 334 g/mol. The summed E-state index contributed by atoms with van der Waals surface area (Å²) >= 11 is 0. The van der Waals surface area contributed by atoms with E-state index in [4.69, 9.17) is 9.47 Å². The Bertz CT molecular complexity index is 623. The van der Waals surface area contributed by atoms with Crippen LogP contribution in [0.15, 0.2) is 23.0 Å². The van der Waals surface area contributed by atoms with Crippen LogP contribution >= 0.6 is 0 Å². The molecular formula is C20H30O4. The predicted octanol–water partition coefficient (Wildman–Crippen LogP) is 3.86. The SMILES string of the molecule is CC1=CCCC2(C)OC2C2(O)OCC3C2=C(O)CC(C)C3(C)CC1. The molecule has 0 aromatic heterocycles. The van der Waals surface area contributed by atoms with Gasteiger partial charge in [0.1, 0.15) is 6.10 Å². The summed E-state index contributed by atoms with van der Waals surface area (Å²) in [6, 6.07) is 0. The minimum Gasteiger partial charge on any atom is -0.512 e. The Balaban J connectivity index is 1.81. The molecule has 2 aliphatic carbocycles. The highest BCUT2D eigenvalue weighted by atomic mass is 16.7. The van der Waals surface area contributed by atoms with Crippen molar-refractivity contribution < 1.29 is 19.7 Å². The van der Waals surface area contributed by atoms with E-state index >= 15 is 0 Å². The zero-order chi connectivity index (χ0) is 17.3. The van der Waals surface area contributed by atoms with Crippen molar-refractivity contribution >= 4 is 0 Å². The number of aliphatic hydroxyl groups is 2. The number of epoxide rings is 1. The number of allylic oxidation sites excluding steroid dienone is 3. The number of hydrogen-bond donors (Lipinski definition) is 2. The topological polar surface area (TPSA) is 62.2 Å². The first-order chi connectivity index (χ1) is 11.2. The lowest BCUT2D eigenvalue weighted by atomic mass is 9.58. The van der Waals surface area contributed by atoms with Crippen LogP contribution in [0.2, 0.25) is 0 Å². The minimum absolute atomic E-state index is 0.0195. The van der Waals surface area contributed by atoms with Gasteiger partial charge < -0.3 is 19.7 Å². The maximum absolute atomic E-state index is 11.3. The Morgan fingerprint density at radius 1 is 1.25 bits per heavy atom. The highest BCUT2D eigenvalue weighted by Crippen LogP contribution is 2.61. The summed E-state index contributed by atoms with van der Waals surface area (Å²) in [5, 5.41) is 22.0. The molecule has 4 rings (SSSR count). The van der Waals surface area contributed by atoms with Crippen molar-refractivity contribution in [2.24, 2.45) is 17.3 Å². The zero-order valence-corrected chi connectivity index (χ0v) is 15.3. The first-order valence-corrected chi connectivity index (χ1v) is 9.33. The Morgan fingerprint density at radius 2 is 2.00 bits per heavy atom. The number of ether oxygens (including phenoxy) is 2. The van der Waals surface area contributed by atoms with Crippen molar-refractivity contribution in [2.75, 3.05) is 6.61 Å². The maximum Gasteiger partial charge on any atom is 0.222 e. The van der Waals surface area contributed by atoms with Crippen LogP contribution in [0.4, 0.5) is 0 Å². The molecule has 134 valence electrons. The fourth-order valence-corrected chi connectivity index (χ4v) is 5.26. The van der Waals surface area contributed by atoms with Gasteiger partial charge in [-0.1, -0.05) is 25.5 Å². The van der Waals surface area contributed by atoms with Crippen molar-refractivity contribution in [3.63, 3.8) is 0 Å². The summed E-state index contributed by atoms with van der Waals surface area (Å²) in [6.07, 6.45) is 6.50. The molecule has 2 saturated heterocycles. The number of hydrogen-bond acceptors (Lipinski definition) is 4. The Morgan fingerprint density at radius 3 is 2.75 bits per heavy atom. The first-order valence-electron chi connectivity index (χ1n) is 9.33. The van der Waals surface area contributed by atoms with E-state index in [9.17, 15) is 10.2 Å². The van der Waals surface area contributed by atoms with Gasteiger partial charge in [-0.2, -0.15) is 0 Å². The summed E-state index contributed by atoms with van der Waals surface area (Å²) in [5.41, 5.74) is 1.79. The second kappa shape index (κ2) is 5.09. The third-order valence-corrected chi connectivity index (χ3v) is 7.37. The fraction of sp³-hybridized carbons (Fsp3) is 0.800. The summed E-state index contributed by atoms with van der Waals surface area (Å²) in [6.45, 7) is 9.24. The molecule has 4 nitrogen and oxygen atoms in total. The van der Waals surface area contributed by atoms with Crippen molar-refractivity contribution in [3.05, 3.63) is 23.0 Å². The van der Waals surface area contributed by atoms with Crippen LogP contribution in [0.3, 0.4) is 0 Å². The minimum atomic E-state index is -1.46. The lowest BCUT2D eigenvalue weighted by molar-refractivity contribution is -0.163. The van der Waals surface area contributed by atoms with E-state index in [1.165, 1.54) is 5.57 Å². The van der Waals surface area contributed by atoms with Crippen molar-refractivity contribution in [2.45, 2.75) is 77.3 Å². The third kappa shape index (κ3) is 2.16. The van der Waals surface area contributed by atoms with E-state index < -0.39 is 5.79 Å². The maximum atomic E-state index is 11.3. The van der Waals surface area contributed by atoms with Crippen LogP contribution in [0.25, 0.3) is 0 Å². The number of rotatable bonds is 0. The predicted molar refractivity (Wildman–Crippen MR) is 91.4 cm³/mol. The molecule has 2 fully saturated rings. The van der Waals surface area contributed by atoms with Gasteiger partial charge >= 0.3 is 0 Å². The van der Waals surface area contributed by atoms with E-state index in [0.29, 0.717) is 30.3 Å². The van der Waals surface area contributed by atoms with Gasteiger partial charge in [-0.05, 0) is 50.9 Å². The molecule has 0 amide bonds. The highest BCUT2D eigenvalue weighted by Gasteiger charge is 2.70. The Hall–Kier alpha value is -0.840. The first kappa shape index (κ1) is 16.6. The monoisotopic (exact) mass is 334 g/mol. The van der Waals surface area contributed by atoms with Crippen molar-refractivity contribution in [3.8, 4) is 0 Å². The summed E-state index contributed by atoms with van der Waals surface area (Å²) in [7, 11) is 0. The molecule has 24 heavy (non-hydrogen) atoms. The highest BCUT2D eigenvalue weighted by molar-refractivity contribution is 5.35. The van der Waals surface area contributed by atoms with Crippen LogP contribution in [-0.2, 0) is 9.47 Å². The average Bonchev–Trinajstić information content (AvgIpc) is 3.05. The van der Waals surface area contributed by atoms with E-state index in [1.54, 1.807) is 0 Å². The van der Waals surface area contributed by atoms with Crippen LogP contribution < -0.4 is 0 Å². The van der Waals surface area contributed by atoms with Gasteiger partial charge in [0.15, 0.2) is 0 Å². The van der Waals surface area contributed by atoms with Crippen LogP contribution in [-0.4, -0.2) is 34.3 Å². The van der Waals surface area contributed by atoms with Crippen LogP contribution in [0.1, 0.15) is 59.8 Å². The molecule has 0 aromatic carbocycles. The van der Waals surface area contributed by atoms with Crippen molar-refractivity contribution in [1.82, 2.24) is 0 Å². The normalized spacial score (nSPS) is 51.4. The van der Waals surface area contributed by atoms with Gasteiger partial charge in [0.2, 0.25) is 5.79 Å². The quantitative estimate of drug-likeness (QED) is 0.522. The van der Waals surface area contributed by atoms with Crippen molar-refractivity contribution in [1.29, 1.82) is 0 Å². The molecule has 0 spiro atoms. The van der Waals surface area contributed by atoms with E-state index in [2.05, 4.69) is 26.8 Å². The molecule has 4 bridgehead atoms. The molecule has 2 heterocycles. The van der Waals surface area contributed by atoms with Gasteiger partial charge in [0.05, 0.1) is 18.0 Å². The lowest BCUT2D eigenvalue weighted by Crippen LogP contribution is -2.46. The van der Waals surface area contributed by atoms with E-state index in [0.717, 1.165) is 25.7 Å². The molecule has 2 aliphatic heterocycles. The van der Waals surface area contributed by atoms with Gasteiger partial charge in [0.25, 0.3) is 0 Å². The van der Waals surface area contributed by atoms with Crippen LogP contribution in [0, 0.1) is 17.3 Å². The fourth-order valence-electron chi connectivity index (χ4n) is 5.26. The third-order valence-electron chi connectivity index (χ3n) is 7.37. The Labute approximate surface area is 144 Å². The van der Waals surface area contributed by atoms with Gasteiger partial charge in [0, 0.05) is 17.9 Å². The zero-order valence-electron chi connectivity index (χ0n) is 15.3. The molecular weight excluding hydrogens is 304 g/mol. The largest absolute Gasteiger partial charge is 0.512 e. The van der Waals surface area contributed by atoms with Gasteiger partial charge in [-0.15, -0.1) is 0 Å². The molecule has 0 aromatic rings. The van der Waals surface area contributed by atoms with Gasteiger partial charge in [-0.3, -0.25) is 0 Å². The molecule has 2 N–H and O–H groups in total. The molecule has 6 unspecified atom stereocenters. The van der Waals surface area contributed by atoms with Crippen LogP contribution in [0.5, 0.6) is 0 Å². The second-order valence-electron chi connectivity index (χ2n) is 8.93. The number of fused-ring (bicyclic) bond motifs is 2. The summed E-state index contributed by atoms with van der Waals surface area (Å²) in [5.74, 6) is -0.707. The van der Waals surface area contributed by atoms with E-state index in [1.807, 2.05) is 6.92 Å². The summed E-state index contributed by atoms with van der Waals surface area (Å²) in [4.78, 5) is 0. The second-order valence-corrected chi connectivity index (χ2v) is 8.93.